The topological polar surface area (TPSA) is 108 Å². The molecule has 0 radical (unpaired) electrons. The Morgan fingerprint density at radius 2 is 1.52 bits per heavy atom. The number of carbonyl (C=O) groups is 3. The summed E-state index contributed by atoms with van der Waals surface area (Å²) in [6.07, 6.45) is 0.970. The van der Waals surface area contributed by atoms with Gasteiger partial charge >= 0.3 is 6.09 Å². The van der Waals surface area contributed by atoms with E-state index in [9.17, 15) is 19.5 Å². The second-order valence-corrected chi connectivity index (χ2v) is 13.0. The molecule has 2 aromatic carbocycles. The summed E-state index contributed by atoms with van der Waals surface area (Å²) in [7, 11) is 0. The van der Waals surface area contributed by atoms with Crippen LogP contribution in [0.5, 0.6) is 5.75 Å². The predicted molar refractivity (Wildman–Crippen MR) is 167 cm³/mol. The Kier molecular flexibility index (Phi) is 12.4. The molecule has 0 aromatic heterocycles. The van der Waals surface area contributed by atoms with Crippen LogP contribution in [0.2, 0.25) is 0 Å². The first-order valence-electron chi connectivity index (χ1n) is 15.0. The third kappa shape index (κ3) is 10.4. The molecule has 2 aromatic rings. The summed E-state index contributed by atoms with van der Waals surface area (Å²) in [5.74, 6) is -0.147. The van der Waals surface area contributed by atoms with Crippen molar-refractivity contribution >= 4 is 17.9 Å². The summed E-state index contributed by atoms with van der Waals surface area (Å²) < 4.78 is 5.53. The summed E-state index contributed by atoms with van der Waals surface area (Å²) >= 11 is 0. The number of alkyl carbamates (subject to hydrolysis) is 1. The summed E-state index contributed by atoms with van der Waals surface area (Å²) in [4.78, 5) is 43.4. The second-order valence-electron chi connectivity index (χ2n) is 13.0. The van der Waals surface area contributed by atoms with Gasteiger partial charge in [0.25, 0.3) is 0 Å². The van der Waals surface area contributed by atoms with Gasteiger partial charge in [-0.15, -0.1) is 0 Å². The number of nitrogens with zero attached hydrogens (tertiary/aromatic N) is 1. The molecule has 0 saturated carbocycles. The van der Waals surface area contributed by atoms with Gasteiger partial charge in [-0.25, -0.2) is 4.79 Å². The molecule has 0 saturated heterocycles. The molecule has 0 aliphatic carbocycles. The van der Waals surface area contributed by atoms with Gasteiger partial charge < -0.3 is 25.4 Å². The number of aryl methyl sites for hydroxylation is 1. The average Bonchev–Trinajstić information content (AvgIpc) is 2.86. The van der Waals surface area contributed by atoms with E-state index >= 15 is 0 Å². The number of nitrogens with one attached hydrogen (secondary N) is 2. The predicted octanol–water partition coefficient (Wildman–Crippen LogP) is 6.36. The quantitative estimate of drug-likeness (QED) is 0.270. The highest BCUT2D eigenvalue weighted by molar-refractivity contribution is 5.93. The number of amides is 3. The van der Waals surface area contributed by atoms with E-state index in [2.05, 4.69) is 24.5 Å². The molecule has 8 nitrogen and oxygen atoms in total. The fourth-order valence-electron chi connectivity index (χ4n) is 4.86. The standard InChI is InChI=1S/C34H51N3O5/c1-21(2)14-15-24(6)37(30(31(39)35-22(3)4)28-13-11-12-23(5)25(28)7)32(40)29(36-33(41)42-34(8,9)10)20-26-16-18-27(38)19-17-26/h11-13,16-19,21-22,24,29-30,38H,14-15,20H2,1-10H3,(H,35,39)(H,36,41). The van der Waals surface area contributed by atoms with Gasteiger partial charge in [-0.3, -0.25) is 9.59 Å². The minimum Gasteiger partial charge on any atom is -0.508 e. The van der Waals surface area contributed by atoms with Crippen LogP contribution in [0.25, 0.3) is 0 Å². The Morgan fingerprint density at radius 1 is 0.905 bits per heavy atom. The number of phenols is 1. The summed E-state index contributed by atoms with van der Waals surface area (Å²) in [5, 5.41) is 15.6. The van der Waals surface area contributed by atoms with E-state index in [1.54, 1.807) is 49.9 Å². The zero-order valence-corrected chi connectivity index (χ0v) is 27.1. The highest BCUT2D eigenvalue weighted by Crippen LogP contribution is 2.31. The second kappa shape index (κ2) is 15.1. The smallest absolute Gasteiger partial charge is 0.408 e. The number of hydrogen-bond acceptors (Lipinski definition) is 5. The van der Waals surface area contributed by atoms with E-state index in [1.165, 1.54) is 0 Å². The number of phenolic OH excluding ortho intramolecular Hbond substituents is 1. The van der Waals surface area contributed by atoms with Crippen LogP contribution >= 0.6 is 0 Å². The summed E-state index contributed by atoms with van der Waals surface area (Å²) in [6, 6.07) is 9.92. The normalized spacial score (nSPS) is 13.8. The summed E-state index contributed by atoms with van der Waals surface area (Å²) in [6.45, 7) is 19.2. The zero-order valence-electron chi connectivity index (χ0n) is 27.1. The molecular weight excluding hydrogens is 530 g/mol. The lowest BCUT2D eigenvalue weighted by Crippen LogP contribution is -2.56. The first kappa shape index (κ1) is 34.7. The molecule has 8 heteroatoms. The lowest BCUT2D eigenvalue weighted by molar-refractivity contribution is -0.145. The van der Waals surface area contributed by atoms with Gasteiger partial charge in [0.15, 0.2) is 0 Å². The van der Waals surface area contributed by atoms with Crippen molar-refractivity contribution in [3.05, 3.63) is 64.7 Å². The van der Waals surface area contributed by atoms with Crippen LogP contribution in [0, 0.1) is 19.8 Å². The molecule has 3 N–H and O–H groups in total. The Labute approximate surface area is 252 Å². The monoisotopic (exact) mass is 581 g/mol. The molecular formula is C34H51N3O5. The fraction of sp³-hybridized carbons (Fsp3) is 0.559. The van der Waals surface area contributed by atoms with Crippen molar-refractivity contribution in [3.63, 3.8) is 0 Å². The van der Waals surface area contributed by atoms with Crippen molar-refractivity contribution in [2.45, 2.75) is 118 Å². The molecule has 42 heavy (non-hydrogen) atoms. The molecule has 2 rings (SSSR count). The maximum atomic E-state index is 14.7. The molecule has 0 aliphatic heterocycles. The molecule has 3 atom stereocenters. The number of rotatable bonds is 12. The number of benzene rings is 2. The van der Waals surface area contributed by atoms with Gasteiger partial charge in [-0.1, -0.05) is 44.2 Å². The third-order valence-corrected chi connectivity index (χ3v) is 7.15. The maximum Gasteiger partial charge on any atom is 0.408 e. The van der Waals surface area contributed by atoms with Crippen molar-refractivity contribution < 1.29 is 24.2 Å². The Balaban J connectivity index is 2.70. The fourth-order valence-corrected chi connectivity index (χ4v) is 4.86. The number of carbonyl (C=O) groups excluding carboxylic acids is 3. The lowest BCUT2D eigenvalue weighted by atomic mass is 9.92. The number of hydrogen-bond donors (Lipinski definition) is 3. The number of ether oxygens (including phenoxy) is 1. The van der Waals surface area contributed by atoms with Crippen LogP contribution in [0.3, 0.4) is 0 Å². The SMILES string of the molecule is Cc1cccc(C(C(=O)NC(C)C)N(C(=O)C(Cc2ccc(O)cc2)NC(=O)OC(C)(C)C)C(C)CCC(C)C)c1C. The minimum absolute atomic E-state index is 0.103. The van der Waals surface area contributed by atoms with E-state index in [4.69, 9.17) is 4.74 Å². The van der Waals surface area contributed by atoms with Crippen molar-refractivity contribution in [3.8, 4) is 5.75 Å². The molecule has 0 bridgehead atoms. The van der Waals surface area contributed by atoms with Crippen molar-refractivity contribution in [2.75, 3.05) is 0 Å². The van der Waals surface area contributed by atoms with Gasteiger partial charge in [0.05, 0.1) is 0 Å². The number of aromatic hydroxyl groups is 1. The molecule has 0 heterocycles. The first-order chi connectivity index (χ1) is 19.5. The highest BCUT2D eigenvalue weighted by atomic mass is 16.6. The van der Waals surface area contributed by atoms with Crippen LogP contribution in [0.15, 0.2) is 42.5 Å². The molecule has 3 unspecified atom stereocenters. The Hall–Kier alpha value is -3.55. The van der Waals surface area contributed by atoms with Crippen LogP contribution in [-0.4, -0.2) is 51.6 Å². The van der Waals surface area contributed by atoms with Gasteiger partial charge in [-0.05, 0) is 109 Å². The lowest BCUT2D eigenvalue weighted by Gasteiger charge is -2.39. The first-order valence-corrected chi connectivity index (χ1v) is 15.0. The van der Waals surface area contributed by atoms with E-state index in [-0.39, 0.29) is 36.1 Å². The van der Waals surface area contributed by atoms with E-state index in [1.807, 2.05) is 52.8 Å². The van der Waals surface area contributed by atoms with Crippen molar-refractivity contribution in [1.82, 2.24) is 15.5 Å². The third-order valence-electron chi connectivity index (χ3n) is 7.15. The van der Waals surface area contributed by atoms with E-state index in [0.717, 1.165) is 28.7 Å². The molecule has 3 amide bonds. The molecule has 232 valence electrons. The van der Waals surface area contributed by atoms with Crippen LogP contribution in [0.1, 0.15) is 96.5 Å². The van der Waals surface area contributed by atoms with Crippen LogP contribution < -0.4 is 10.6 Å². The Morgan fingerprint density at radius 3 is 2.07 bits per heavy atom. The maximum absolute atomic E-state index is 14.7. The van der Waals surface area contributed by atoms with Gasteiger partial charge in [0.1, 0.15) is 23.4 Å². The minimum atomic E-state index is -1.02. The summed E-state index contributed by atoms with van der Waals surface area (Å²) in [5.41, 5.74) is 2.68. The van der Waals surface area contributed by atoms with Gasteiger partial charge in [-0.2, -0.15) is 0 Å². The molecule has 0 fully saturated rings. The molecule has 0 aliphatic rings. The van der Waals surface area contributed by atoms with E-state index in [0.29, 0.717) is 12.3 Å². The average molecular weight is 582 g/mol. The van der Waals surface area contributed by atoms with Crippen molar-refractivity contribution in [1.29, 1.82) is 0 Å². The molecule has 0 spiro atoms. The Bertz CT molecular complexity index is 1200. The highest BCUT2D eigenvalue weighted by Gasteiger charge is 2.39. The van der Waals surface area contributed by atoms with Gasteiger partial charge in [0, 0.05) is 18.5 Å². The van der Waals surface area contributed by atoms with Gasteiger partial charge in [0.2, 0.25) is 11.8 Å². The zero-order chi connectivity index (χ0) is 31.8. The van der Waals surface area contributed by atoms with Crippen LogP contribution in [-0.2, 0) is 20.7 Å². The van der Waals surface area contributed by atoms with Crippen LogP contribution in [0.4, 0.5) is 4.79 Å². The van der Waals surface area contributed by atoms with Crippen molar-refractivity contribution in [2.24, 2.45) is 5.92 Å². The van der Waals surface area contributed by atoms with E-state index < -0.39 is 23.8 Å². The largest absolute Gasteiger partial charge is 0.508 e.